The summed E-state index contributed by atoms with van der Waals surface area (Å²) in [5.74, 6) is 1.92. The van der Waals surface area contributed by atoms with Gasteiger partial charge in [0.25, 0.3) is 0 Å². The summed E-state index contributed by atoms with van der Waals surface area (Å²) in [6.45, 7) is 0. The summed E-state index contributed by atoms with van der Waals surface area (Å²) in [6.07, 6.45) is 8.60. The van der Waals surface area contributed by atoms with Crippen LogP contribution in [0.2, 0.25) is 0 Å². The monoisotopic (exact) mass is 168 g/mol. The predicted molar refractivity (Wildman–Crippen MR) is 44.4 cm³/mol. The highest BCUT2D eigenvalue weighted by Gasteiger charge is 2.39. The molecule has 68 valence electrons. The Morgan fingerprint density at radius 2 is 1.17 bits per heavy atom. The Bertz CT molecular complexity index is 161. The molecule has 0 radical (unpaired) electrons. The van der Waals surface area contributed by atoms with E-state index in [1.54, 1.807) is 0 Å². The van der Waals surface area contributed by atoms with Crippen molar-refractivity contribution in [1.29, 1.82) is 0 Å². The van der Waals surface area contributed by atoms with E-state index in [9.17, 15) is 0 Å². The first kappa shape index (κ1) is 7.34. The zero-order valence-corrected chi connectivity index (χ0v) is 7.37. The maximum absolute atomic E-state index is 5.40. The highest BCUT2D eigenvalue weighted by atomic mass is 17.2. The summed E-state index contributed by atoms with van der Waals surface area (Å²) < 4.78 is 0. The maximum Gasteiger partial charge on any atom is 0.0933 e. The molecule has 2 saturated carbocycles. The fraction of sp³-hybridized carbons (Fsp3) is 1.00. The van der Waals surface area contributed by atoms with E-state index in [2.05, 4.69) is 0 Å². The van der Waals surface area contributed by atoms with Gasteiger partial charge in [-0.15, -0.1) is 0 Å². The van der Waals surface area contributed by atoms with Gasteiger partial charge in [0.2, 0.25) is 0 Å². The molecule has 2 aliphatic carbocycles. The van der Waals surface area contributed by atoms with Crippen LogP contribution in [-0.2, 0) is 9.78 Å². The molecule has 5 aliphatic rings. The SMILES string of the molecule is C1C[C@H]2C[C@H]3CC[C@H]2C[C@@H]1OO3. The van der Waals surface area contributed by atoms with Crippen molar-refractivity contribution < 1.29 is 9.78 Å². The van der Waals surface area contributed by atoms with Gasteiger partial charge in [-0.2, -0.15) is 0 Å². The van der Waals surface area contributed by atoms with Crippen LogP contribution in [-0.4, -0.2) is 12.2 Å². The third kappa shape index (κ3) is 1.09. The van der Waals surface area contributed by atoms with Crippen LogP contribution in [0.25, 0.3) is 0 Å². The van der Waals surface area contributed by atoms with Crippen molar-refractivity contribution >= 4 is 0 Å². The van der Waals surface area contributed by atoms with Gasteiger partial charge in [-0.05, 0) is 50.4 Å². The third-order valence-electron chi connectivity index (χ3n) is 3.84. The molecule has 2 heteroatoms. The largest absolute Gasteiger partial charge is 0.233 e. The highest BCUT2D eigenvalue weighted by Crippen LogP contribution is 2.44. The predicted octanol–water partition coefficient (Wildman–Crippen LogP) is 2.29. The highest BCUT2D eigenvalue weighted by molar-refractivity contribution is 4.87. The molecule has 0 spiro atoms. The van der Waals surface area contributed by atoms with E-state index in [1.807, 2.05) is 0 Å². The molecule has 0 unspecified atom stereocenters. The molecule has 0 N–H and O–H groups in total. The first-order valence-corrected chi connectivity index (χ1v) is 5.24. The number of fused-ring (bicyclic) bond motifs is 2. The Kier molecular flexibility index (Phi) is 1.66. The van der Waals surface area contributed by atoms with E-state index in [-0.39, 0.29) is 0 Å². The van der Waals surface area contributed by atoms with Crippen LogP contribution >= 0.6 is 0 Å². The maximum atomic E-state index is 5.40. The molecule has 4 atom stereocenters. The number of hydrogen-bond donors (Lipinski definition) is 0. The van der Waals surface area contributed by atoms with E-state index in [0.29, 0.717) is 12.2 Å². The van der Waals surface area contributed by atoms with Gasteiger partial charge in [0.15, 0.2) is 0 Å². The van der Waals surface area contributed by atoms with Crippen LogP contribution in [0.15, 0.2) is 0 Å². The summed E-state index contributed by atoms with van der Waals surface area (Å²) >= 11 is 0. The Morgan fingerprint density at radius 3 is 1.67 bits per heavy atom. The van der Waals surface area contributed by atoms with Gasteiger partial charge in [-0.25, -0.2) is 9.78 Å². The number of hydrogen-bond acceptors (Lipinski definition) is 2. The van der Waals surface area contributed by atoms with Crippen LogP contribution in [0, 0.1) is 11.8 Å². The molecule has 0 aromatic carbocycles. The van der Waals surface area contributed by atoms with Crippen molar-refractivity contribution in [1.82, 2.24) is 0 Å². The molecule has 0 amide bonds. The molecule has 4 bridgehead atoms. The smallest absolute Gasteiger partial charge is 0.0933 e. The molecule has 3 aliphatic heterocycles. The first-order valence-electron chi connectivity index (χ1n) is 5.24. The van der Waals surface area contributed by atoms with Gasteiger partial charge in [0.05, 0.1) is 12.2 Å². The van der Waals surface area contributed by atoms with Crippen LogP contribution < -0.4 is 0 Å². The minimum absolute atomic E-state index is 0.425. The fourth-order valence-electron chi connectivity index (χ4n) is 3.13. The van der Waals surface area contributed by atoms with Gasteiger partial charge in [-0.1, -0.05) is 0 Å². The van der Waals surface area contributed by atoms with E-state index in [4.69, 9.17) is 9.78 Å². The van der Waals surface area contributed by atoms with Gasteiger partial charge < -0.3 is 0 Å². The van der Waals surface area contributed by atoms with Crippen LogP contribution in [0.5, 0.6) is 0 Å². The molecule has 0 aromatic rings. The minimum atomic E-state index is 0.425. The lowest BCUT2D eigenvalue weighted by Gasteiger charge is -2.44. The van der Waals surface area contributed by atoms with Gasteiger partial charge in [-0.3, -0.25) is 0 Å². The molecular formula is C10H16O2. The van der Waals surface area contributed by atoms with E-state index in [1.165, 1.54) is 38.5 Å². The third-order valence-corrected chi connectivity index (χ3v) is 3.84. The minimum Gasteiger partial charge on any atom is -0.233 e. The molecule has 12 heavy (non-hydrogen) atoms. The second-order valence-corrected chi connectivity index (χ2v) is 4.58. The van der Waals surface area contributed by atoms with Crippen molar-refractivity contribution in [2.75, 3.05) is 0 Å². The van der Waals surface area contributed by atoms with Gasteiger partial charge in [0, 0.05) is 0 Å². The Morgan fingerprint density at radius 1 is 0.667 bits per heavy atom. The molecule has 2 nitrogen and oxygen atoms in total. The Balaban J connectivity index is 1.84. The van der Waals surface area contributed by atoms with Gasteiger partial charge in [0.1, 0.15) is 0 Å². The van der Waals surface area contributed by atoms with Crippen LogP contribution in [0.1, 0.15) is 38.5 Å². The second-order valence-electron chi connectivity index (χ2n) is 4.58. The average Bonchev–Trinajstić information content (AvgIpc) is 2.07. The molecule has 5 fully saturated rings. The molecule has 3 heterocycles. The zero-order chi connectivity index (χ0) is 7.97. The Labute approximate surface area is 73.2 Å². The van der Waals surface area contributed by atoms with E-state index < -0.39 is 0 Å². The molecule has 3 saturated heterocycles. The van der Waals surface area contributed by atoms with E-state index >= 15 is 0 Å². The lowest BCUT2D eigenvalue weighted by Crippen LogP contribution is -2.40. The summed E-state index contributed by atoms with van der Waals surface area (Å²) in [6, 6.07) is 0. The standard InChI is InChI=1S/C10H16O2/c1-3-9-6-8-2-4-10(12-11-9)5-7(1)8/h7-10H,1-6H2/t7-,8-,9+,10+/m0/s1. The number of rotatable bonds is 0. The first-order chi connectivity index (χ1) is 5.92. The summed E-state index contributed by atoms with van der Waals surface area (Å²) in [4.78, 5) is 10.8. The van der Waals surface area contributed by atoms with Crippen molar-refractivity contribution in [2.24, 2.45) is 11.8 Å². The van der Waals surface area contributed by atoms with Gasteiger partial charge >= 0.3 is 0 Å². The summed E-state index contributed by atoms with van der Waals surface area (Å²) in [7, 11) is 0. The zero-order valence-electron chi connectivity index (χ0n) is 7.37. The van der Waals surface area contributed by atoms with Crippen molar-refractivity contribution in [3.8, 4) is 0 Å². The van der Waals surface area contributed by atoms with E-state index in [0.717, 1.165) is 11.8 Å². The summed E-state index contributed by atoms with van der Waals surface area (Å²) in [5.41, 5.74) is 0. The fourth-order valence-corrected chi connectivity index (χ4v) is 3.13. The Hall–Kier alpha value is -0.0800. The van der Waals surface area contributed by atoms with Crippen molar-refractivity contribution in [2.45, 2.75) is 50.7 Å². The van der Waals surface area contributed by atoms with Crippen molar-refractivity contribution in [3.05, 3.63) is 0 Å². The molecular weight excluding hydrogens is 152 g/mol. The lowest BCUT2D eigenvalue weighted by atomic mass is 9.69. The molecule has 5 rings (SSSR count). The van der Waals surface area contributed by atoms with Crippen molar-refractivity contribution in [3.63, 3.8) is 0 Å². The topological polar surface area (TPSA) is 18.5 Å². The second kappa shape index (κ2) is 2.71. The lowest BCUT2D eigenvalue weighted by molar-refractivity contribution is -0.379. The average molecular weight is 168 g/mol. The summed E-state index contributed by atoms with van der Waals surface area (Å²) in [5, 5.41) is 0. The quantitative estimate of drug-likeness (QED) is 0.517. The normalized spacial score (nSPS) is 52.0. The molecule has 0 aromatic heterocycles. The van der Waals surface area contributed by atoms with Crippen LogP contribution in [0.4, 0.5) is 0 Å². The van der Waals surface area contributed by atoms with Crippen LogP contribution in [0.3, 0.4) is 0 Å².